The van der Waals surface area contributed by atoms with Gasteiger partial charge in [0.25, 0.3) is 0 Å². The highest BCUT2D eigenvalue weighted by atomic mass is 28.4. The normalized spacial score (nSPS) is 12.6. The fourth-order valence-electron chi connectivity index (χ4n) is 3.00. The molecule has 0 saturated heterocycles. The number of rotatable bonds is 23. The van der Waals surface area contributed by atoms with Crippen molar-refractivity contribution in [3.8, 4) is 0 Å². The van der Waals surface area contributed by atoms with Crippen molar-refractivity contribution in [1.29, 1.82) is 0 Å². The Morgan fingerprint density at radius 2 is 0.633 bits per heavy atom. The largest absolute Gasteiger partial charge is 0.500 e. The molecule has 0 aromatic rings. The van der Waals surface area contributed by atoms with Crippen LogP contribution in [0.2, 0.25) is 12.1 Å². The Morgan fingerprint density at radius 1 is 0.400 bits per heavy atom. The SMILES string of the molecule is CO[Si](CCCNCCNCCNCCNCCC[Si](OC)(OC)OC)(OC)OC. The van der Waals surface area contributed by atoms with Gasteiger partial charge in [-0.3, -0.25) is 0 Å². The fraction of sp³-hybridized carbons (Fsp3) is 1.00. The molecule has 0 aliphatic heterocycles. The lowest BCUT2D eigenvalue weighted by molar-refractivity contribution is 0.122. The Morgan fingerprint density at radius 3 is 0.867 bits per heavy atom. The molecule has 0 heterocycles. The summed E-state index contributed by atoms with van der Waals surface area (Å²) in [5.41, 5.74) is 0. The summed E-state index contributed by atoms with van der Waals surface area (Å²) < 4.78 is 32.5. The van der Waals surface area contributed by atoms with E-state index in [0.29, 0.717) is 0 Å². The summed E-state index contributed by atoms with van der Waals surface area (Å²) in [5.74, 6) is 0. The Bertz CT molecular complexity index is 330. The predicted molar refractivity (Wildman–Crippen MR) is 124 cm³/mol. The van der Waals surface area contributed by atoms with Gasteiger partial charge in [0.05, 0.1) is 0 Å². The Kier molecular flexibility index (Phi) is 19.7. The van der Waals surface area contributed by atoms with Crippen LogP contribution in [-0.2, 0) is 26.6 Å². The van der Waals surface area contributed by atoms with Crippen molar-refractivity contribution in [2.24, 2.45) is 0 Å². The lowest BCUT2D eigenvalue weighted by Gasteiger charge is -2.24. The van der Waals surface area contributed by atoms with Crippen molar-refractivity contribution in [2.45, 2.75) is 24.9 Å². The third kappa shape index (κ3) is 13.4. The molecule has 0 saturated carbocycles. The summed E-state index contributed by atoms with van der Waals surface area (Å²) in [5, 5.41) is 13.7. The lowest BCUT2D eigenvalue weighted by Crippen LogP contribution is -2.43. The fourth-order valence-corrected chi connectivity index (χ4v) is 6.45. The van der Waals surface area contributed by atoms with Crippen LogP contribution in [0, 0.1) is 0 Å². The zero-order chi connectivity index (χ0) is 22.6. The highest BCUT2D eigenvalue weighted by Gasteiger charge is 2.37. The van der Waals surface area contributed by atoms with E-state index in [2.05, 4.69) is 21.3 Å². The van der Waals surface area contributed by atoms with Gasteiger partial charge in [-0.2, -0.15) is 0 Å². The average molecular weight is 471 g/mol. The van der Waals surface area contributed by atoms with E-state index in [1.54, 1.807) is 42.7 Å². The van der Waals surface area contributed by atoms with Crippen molar-refractivity contribution in [3.05, 3.63) is 0 Å². The van der Waals surface area contributed by atoms with E-state index in [-0.39, 0.29) is 0 Å². The predicted octanol–water partition coefficient (Wildman–Crippen LogP) is -0.119. The van der Waals surface area contributed by atoms with E-state index in [1.807, 2.05) is 0 Å². The standard InChI is InChI=1S/C18H46N4O6Si2/c1-23-29(24-2,25-3)17-7-9-19-11-13-21-15-16-22-14-12-20-10-8-18-30(26-4,27-5)28-6/h19-22H,7-18H2,1-6H3. The summed E-state index contributed by atoms with van der Waals surface area (Å²) in [4.78, 5) is 0. The molecule has 0 spiro atoms. The molecule has 0 amide bonds. The minimum absolute atomic E-state index is 0.822. The van der Waals surface area contributed by atoms with Crippen molar-refractivity contribution >= 4 is 17.6 Å². The molecule has 10 nitrogen and oxygen atoms in total. The second-order valence-corrected chi connectivity index (χ2v) is 13.0. The van der Waals surface area contributed by atoms with Crippen LogP contribution in [0.25, 0.3) is 0 Å². The quantitative estimate of drug-likeness (QED) is 0.119. The molecular formula is C18H46N4O6Si2. The Balaban J connectivity index is 3.38. The summed E-state index contributed by atoms with van der Waals surface area (Å²) in [7, 11) is 5.07. The number of nitrogens with one attached hydrogen (secondary N) is 4. The first kappa shape index (κ1) is 30.0. The van der Waals surface area contributed by atoms with Crippen LogP contribution in [0.3, 0.4) is 0 Å². The first-order chi connectivity index (χ1) is 14.6. The molecule has 0 unspecified atom stereocenters. The molecule has 0 radical (unpaired) electrons. The highest BCUT2D eigenvalue weighted by Crippen LogP contribution is 2.14. The maximum Gasteiger partial charge on any atom is 0.500 e. The molecule has 12 heteroatoms. The monoisotopic (exact) mass is 470 g/mol. The Labute approximate surface area is 185 Å². The van der Waals surface area contributed by atoms with Crippen LogP contribution in [0.4, 0.5) is 0 Å². The maximum atomic E-state index is 5.41. The van der Waals surface area contributed by atoms with E-state index in [9.17, 15) is 0 Å². The Hall–Kier alpha value is 0.0338. The van der Waals surface area contributed by atoms with Gasteiger partial charge in [0.1, 0.15) is 0 Å². The summed E-state index contributed by atoms with van der Waals surface area (Å²) in [6.45, 7) is 7.56. The van der Waals surface area contributed by atoms with E-state index >= 15 is 0 Å². The van der Waals surface area contributed by atoms with Gasteiger partial charge in [-0.15, -0.1) is 0 Å². The third-order valence-corrected chi connectivity index (χ3v) is 10.6. The van der Waals surface area contributed by atoms with Gasteiger partial charge in [0.15, 0.2) is 0 Å². The molecule has 0 bridgehead atoms. The zero-order valence-corrected chi connectivity index (χ0v) is 21.9. The molecule has 4 N–H and O–H groups in total. The number of hydrogen-bond donors (Lipinski definition) is 4. The van der Waals surface area contributed by atoms with Gasteiger partial charge >= 0.3 is 17.6 Å². The molecule has 0 aliphatic carbocycles. The van der Waals surface area contributed by atoms with Gasteiger partial charge in [0.2, 0.25) is 0 Å². The van der Waals surface area contributed by atoms with Gasteiger partial charge in [0, 0.05) is 94.0 Å². The number of hydrogen-bond acceptors (Lipinski definition) is 10. The second-order valence-electron chi connectivity index (χ2n) is 6.80. The molecule has 0 aliphatic rings. The summed E-state index contributed by atoms with van der Waals surface area (Å²) in [6, 6.07) is 1.64. The van der Waals surface area contributed by atoms with E-state index < -0.39 is 17.6 Å². The van der Waals surface area contributed by atoms with Crippen LogP contribution in [0.15, 0.2) is 0 Å². The average Bonchev–Trinajstić information content (AvgIpc) is 2.79. The van der Waals surface area contributed by atoms with Gasteiger partial charge < -0.3 is 47.8 Å². The van der Waals surface area contributed by atoms with E-state index in [0.717, 1.165) is 77.3 Å². The molecule has 0 rings (SSSR count). The van der Waals surface area contributed by atoms with E-state index in [4.69, 9.17) is 26.6 Å². The van der Waals surface area contributed by atoms with Crippen molar-refractivity contribution in [2.75, 3.05) is 95.0 Å². The zero-order valence-electron chi connectivity index (χ0n) is 19.9. The van der Waals surface area contributed by atoms with Gasteiger partial charge in [-0.25, -0.2) is 0 Å². The van der Waals surface area contributed by atoms with E-state index in [1.165, 1.54) is 0 Å². The molecule has 182 valence electrons. The highest BCUT2D eigenvalue weighted by molar-refractivity contribution is 6.60. The molecule has 0 atom stereocenters. The molecule has 0 fully saturated rings. The molecule has 0 aromatic heterocycles. The molecular weight excluding hydrogens is 424 g/mol. The van der Waals surface area contributed by atoms with Gasteiger partial charge in [-0.1, -0.05) is 0 Å². The van der Waals surface area contributed by atoms with Crippen molar-refractivity contribution in [1.82, 2.24) is 21.3 Å². The lowest BCUT2D eigenvalue weighted by atomic mass is 10.4. The van der Waals surface area contributed by atoms with Crippen molar-refractivity contribution < 1.29 is 26.6 Å². The first-order valence-corrected chi connectivity index (χ1v) is 14.6. The van der Waals surface area contributed by atoms with Gasteiger partial charge in [-0.05, 0) is 25.9 Å². The maximum absolute atomic E-state index is 5.41. The van der Waals surface area contributed by atoms with Crippen LogP contribution in [-0.4, -0.2) is 113 Å². The minimum Gasteiger partial charge on any atom is -0.377 e. The topological polar surface area (TPSA) is 104 Å². The second kappa shape index (κ2) is 19.7. The summed E-state index contributed by atoms with van der Waals surface area (Å²) >= 11 is 0. The van der Waals surface area contributed by atoms with Crippen LogP contribution in [0.5, 0.6) is 0 Å². The van der Waals surface area contributed by atoms with Crippen LogP contribution in [0.1, 0.15) is 12.8 Å². The molecule has 0 aromatic carbocycles. The third-order valence-electron chi connectivity index (χ3n) is 4.97. The van der Waals surface area contributed by atoms with Crippen LogP contribution < -0.4 is 21.3 Å². The van der Waals surface area contributed by atoms with Crippen LogP contribution >= 0.6 is 0 Å². The van der Waals surface area contributed by atoms with Crippen molar-refractivity contribution in [3.63, 3.8) is 0 Å². The summed E-state index contributed by atoms with van der Waals surface area (Å²) in [6.07, 6.45) is 1.95. The molecule has 30 heavy (non-hydrogen) atoms. The smallest absolute Gasteiger partial charge is 0.377 e. The first-order valence-electron chi connectivity index (χ1n) is 10.7. The minimum atomic E-state index is -2.42.